The van der Waals surface area contributed by atoms with E-state index in [4.69, 9.17) is 14.3 Å². The molecule has 0 radical (unpaired) electrons. The third kappa shape index (κ3) is 3.28. The first-order valence-electron chi connectivity index (χ1n) is 5.78. The first kappa shape index (κ1) is 13.0. The second-order valence-electron chi connectivity index (χ2n) is 4.25. The van der Waals surface area contributed by atoms with Gasteiger partial charge in [0, 0.05) is 25.8 Å². The second-order valence-corrected chi connectivity index (χ2v) is 4.25. The molecule has 19 heavy (non-hydrogen) atoms. The van der Waals surface area contributed by atoms with Crippen LogP contribution < -0.4 is 9.64 Å². The molecule has 0 bridgehead atoms. The van der Waals surface area contributed by atoms with E-state index in [2.05, 4.69) is 0 Å². The van der Waals surface area contributed by atoms with Gasteiger partial charge in [-0.1, -0.05) is 6.07 Å². The number of ether oxygens (including phenoxy) is 1. The van der Waals surface area contributed by atoms with Gasteiger partial charge in [0.2, 0.25) is 5.76 Å². The highest BCUT2D eigenvalue weighted by molar-refractivity contribution is 5.84. The molecule has 0 aliphatic rings. The molecule has 1 N–H and O–H groups in total. The van der Waals surface area contributed by atoms with Gasteiger partial charge in [-0.25, -0.2) is 4.79 Å². The Morgan fingerprint density at radius 2 is 2.11 bits per heavy atom. The molecule has 0 saturated heterocycles. The van der Waals surface area contributed by atoms with E-state index in [0.29, 0.717) is 11.5 Å². The van der Waals surface area contributed by atoms with E-state index >= 15 is 0 Å². The third-order valence-electron chi connectivity index (χ3n) is 2.59. The van der Waals surface area contributed by atoms with Crippen LogP contribution in [-0.2, 0) is 6.61 Å². The van der Waals surface area contributed by atoms with Crippen molar-refractivity contribution in [3.63, 3.8) is 0 Å². The molecule has 0 aliphatic carbocycles. The minimum absolute atomic E-state index is 0.0827. The molecule has 0 unspecified atom stereocenters. The fourth-order valence-electron chi connectivity index (χ4n) is 1.58. The van der Waals surface area contributed by atoms with Crippen LogP contribution in [0.2, 0.25) is 0 Å². The lowest BCUT2D eigenvalue weighted by Gasteiger charge is -2.13. The number of carbonyl (C=O) groups is 1. The molecule has 0 amide bonds. The van der Waals surface area contributed by atoms with Gasteiger partial charge in [-0.15, -0.1) is 0 Å². The van der Waals surface area contributed by atoms with E-state index in [1.807, 2.05) is 43.3 Å². The SMILES string of the molecule is CN(C)c1cccc(OCc2ccc(C(=O)O)o2)c1. The van der Waals surface area contributed by atoms with Crippen LogP contribution in [0.15, 0.2) is 40.8 Å². The second kappa shape index (κ2) is 5.48. The maximum Gasteiger partial charge on any atom is 0.371 e. The monoisotopic (exact) mass is 261 g/mol. The van der Waals surface area contributed by atoms with E-state index in [1.54, 1.807) is 6.07 Å². The van der Waals surface area contributed by atoms with Gasteiger partial charge in [-0.05, 0) is 24.3 Å². The molecule has 1 heterocycles. The van der Waals surface area contributed by atoms with Crippen molar-refractivity contribution < 1.29 is 19.1 Å². The number of hydrogen-bond acceptors (Lipinski definition) is 4. The summed E-state index contributed by atoms with van der Waals surface area (Å²) < 4.78 is 10.7. The smallest absolute Gasteiger partial charge is 0.371 e. The summed E-state index contributed by atoms with van der Waals surface area (Å²) in [5, 5.41) is 8.74. The van der Waals surface area contributed by atoms with E-state index in [9.17, 15) is 4.79 Å². The normalized spacial score (nSPS) is 10.2. The maximum absolute atomic E-state index is 10.7. The molecule has 2 rings (SSSR count). The molecule has 0 fully saturated rings. The summed E-state index contributed by atoms with van der Waals surface area (Å²) in [7, 11) is 3.90. The third-order valence-corrected chi connectivity index (χ3v) is 2.59. The van der Waals surface area contributed by atoms with Gasteiger partial charge in [0.05, 0.1) is 0 Å². The largest absolute Gasteiger partial charge is 0.486 e. The summed E-state index contributed by atoms with van der Waals surface area (Å²) in [5.74, 6) is 0.0219. The zero-order valence-corrected chi connectivity index (χ0v) is 10.8. The van der Waals surface area contributed by atoms with Gasteiger partial charge in [0.15, 0.2) is 0 Å². The molecular formula is C14H15NO4. The Hall–Kier alpha value is -2.43. The van der Waals surface area contributed by atoms with Gasteiger partial charge >= 0.3 is 5.97 Å². The highest BCUT2D eigenvalue weighted by Gasteiger charge is 2.09. The molecule has 0 atom stereocenters. The summed E-state index contributed by atoms with van der Waals surface area (Å²) >= 11 is 0. The van der Waals surface area contributed by atoms with Crippen LogP contribution >= 0.6 is 0 Å². The van der Waals surface area contributed by atoms with Gasteiger partial charge < -0.3 is 19.2 Å². The standard InChI is InChI=1S/C14H15NO4/c1-15(2)10-4-3-5-11(8-10)18-9-12-6-7-13(19-12)14(16)17/h3-8H,9H2,1-2H3,(H,16,17). The molecule has 0 aliphatic heterocycles. The first-order chi connectivity index (χ1) is 9.06. The van der Waals surface area contributed by atoms with Crippen LogP contribution in [0.4, 0.5) is 5.69 Å². The number of carboxylic acid groups (broad SMARTS) is 1. The van der Waals surface area contributed by atoms with E-state index in [0.717, 1.165) is 5.69 Å². The predicted octanol–water partition coefficient (Wildman–Crippen LogP) is 2.62. The highest BCUT2D eigenvalue weighted by atomic mass is 16.5. The minimum Gasteiger partial charge on any atom is -0.486 e. The van der Waals surface area contributed by atoms with Crippen molar-refractivity contribution in [2.45, 2.75) is 6.61 Å². The lowest BCUT2D eigenvalue weighted by Crippen LogP contribution is -2.08. The van der Waals surface area contributed by atoms with Crippen LogP contribution in [0, 0.1) is 0 Å². The molecular weight excluding hydrogens is 246 g/mol. The summed E-state index contributed by atoms with van der Waals surface area (Å²) in [6, 6.07) is 10.6. The van der Waals surface area contributed by atoms with E-state index in [-0.39, 0.29) is 12.4 Å². The van der Waals surface area contributed by atoms with Crippen LogP contribution in [0.25, 0.3) is 0 Å². The lowest BCUT2D eigenvalue weighted by molar-refractivity contribution is 0.0658. The average Bonchev–Trinajstić information content (AvgIpc) is 2.85. The fraction of sp³-hybridized carbons (Fsp3) is 0.214. The number of benzene rings is 1. The number of carboxylic acids is 1. The van der Waals surface area contributed by atoms with Crippen LogP contribution in [0.1, 0.15) is 16.3 Å². The van der Waals surface area contributed by atoms with Crippen molar-refractivity contribution in [1.82, 2.24) is 0 Å². The first-order valence-corrected chi connectivity index (χ1v) is 5.78. The summed E-state index contributed by atoms with van der Waals surface area (Å²) in [4.78, 5) is 12.6. The van der Waals surface area contributed by atoms with Crippen molar-refractivity contribution >= 4 is 11.7 Å². The topological polar surface area (TPSA) is 62.9 Å². The molecule has 5 nitrogen and oxygen atoms in total. The van der Waals surface area contributed by atoms with Crippen molar-refractivity contribution in [3.8, 4) is 5.75 Å². The van der Waals surface area contributed by atoms with Crippen LogP contribution in [0.5, 0.6) is 5.75 Å². The zero-order valence-electron chi connectivity index (χ0n) is 10.8. The van der Waals surface area contributed by atoms with Crippen molar-refractivity contribution in [2.24, 2.45) is 0 Å². The van der Waals surface area contributed by atoms with Crippen molar-refractivity contribution in [2.75, 3.05) is 19.0 Å². The Labute approximate surface area is 111 Å². The maximum atomic E-state index is 10.7. The molecule has 2 aromatic rings. The van der Waals surface area contributed by atoms with E-state index in [1.165, 1.54) is 6.07 Å². The summed E-state index contributed by atoms with van der Waals surface area (Å²) in [6.45, 7) is 0.199. The van der Waals surface area contributed by atoms with Crippen LogP contribution in [0.3, 0.4) is 0 Å². The number of nitrogens with zero attached hydrogens (tertiary/aromatic N) is 1. The molecule has 5 heteroatoms. The van der Waals surface area contributed by atoms with Crippen molar-refractivity contribution in [3.05, 3.63) is 47.9 Å². The zero-order chi connectivity index (χ0) is 13.8. The molecule has 1 aromatic heterocycles. The van der Waals surface area contributed by atoms with E-state index < -0.39 is 5.97 Å². The summed E-state index contributed by atoms with van der Waals surface area (Å²) in [6.07, 6.45) is 0. The molecule has 0 spiro atoms. The molecule has 1 aromatic carbocycles. The Morgan fingerprint density at radius 3 is 2.74 bits per heavy atom. The Bertz CT molecular complexity index is 574. The Morgan fingerprint density at radius 1 is 1.32 bits per heavy atom. The van der Waals surface area contributed by atoms with Gasteiger partial charge in [0.1, 0.15) is 18.1 Å². The number of rotatable bonds is 5. The quantitative estimate of drug-likeness (QED) is 0.896. The number of aromatic carboxylic acids is 1. The minimum atomic E-state index is -1.08. The Kier molecular flexibility index (Phi) is 3.75. The molecule has 0 saturated carbocycles. The number of anilines is 1. The van der Waals surface area contributed by atoms with Gasteiger partial charge in [0.25, 0.3) is 0 Å². The fourth-order valence-corrected chi connectivity index (χ4v) is 1.58. The summed E-state index contributed by atoms with van der Waals surface area (Å²) in [5.41, 5.74) is 1.03. The highest BCUT2D eigenvalue weighted by Crippen LogP contribution is 2.20. The number of furan rings is 1. The van der Waals surface area contributed by atoms with Gasteiger partial charge in [-0.2, -0.15) is 0 Å². The number of hydrogen-bond donors (Lipinski definition) is 1. The average molecular weight is 261 g/mol. The lowest BCUT2D eigenvalue weighted by atomic mass is 10.3. The van der Waals surface area contributed by atoms with Crippen LogP contribution in [-0.4, -0.2) is 25.2 Å². The molecule has 100 valence electrons. The predicted molar refractivity (Wildman–Crippen MR) is 70.8 cm³/mol. The van der Waals surface area contributed by atoms with Gasteiger partial charge in [-0.3, -0.25) is 0 Å². The van der Waals surface area contributed by atoms with Crippen molar-refractivity contribution in [1.29, 1.82) is 0 Å². The Balaban J connectivity index is 2.01.